The Morgan fingerprint density at radius 3 is 1.71 bits per heavy atom. The summed E-state index contributed by atoms with van der Waals surface area (Å²) in [7, 11) is 0. The van der Waals surface area contributed by atoms with E-state index in [-0.39, 0.29) is 0 Å². The molecule has 0 amide bonds. The van der Waals surface area contributed by atoms with Gasteiger partial charge in [-0.1, -0.05) is 69.9 Å². The predicted molar refractivity (Wildman–Crippen MR) is 78.4 cm³/mol. The quantitative estimate of drug-likeness (QED) is 0.462. The van der Waals surface area contributed by atoms with Crippen molar-refractivity contribution >= 4 is 21.2 Å². The summed E-state index contributed by atoms with van der Waals surface area (Å²) in [6.45, 7) is 6.63. The van der Waals surface area contributed by atoms with Gasteiger partial charge in [0.1, 0.15) is 0 Å². The van der Waals surface area contributed by atoms with Crippen LogP contribution in [0.5, 0.6) is 0 Å². The molecule has 0 radical (unpaired) electrons. The number of unbranched alkanes of at least 4 members (excludes halogenated alkanes) is 4. The molecule has 0 saturated carbocycles. The summed E-state index contributed by atoms with van der Waals surface area (Å²) in [5, 5.41) is 11.3. The lowest BCUT2D eigenvalue weighted by Gasteiger charge is -1.92. The van der Waals surface area contributed by atoms with Crippen LogP contribution in [-0.4, -0.2) is 26.3 Å². The maximum Gasteiger partial charge on any atom is 0.303 e. The number of carbonyl (C=O) groups is 1. The number of aliphatic carboxylic acids is 1. The molecule has 0 saturated heterocycles. The highest BCUT2D eigenvalue weighted by atomic mass is 27.1. The molecule has 102 valence electrons. The van der Waals surface area contributed by atoms with Crippen molar-refractivity contribution in [2.75, 3.05) is 0 Å². The highest BCUT2D eigenvalue weighted by molar-refractivity contribution is 6.35. The molecule has 0 aliphatic rings. The molecule has 0 rings (SSSR count). The molecule has 0 fully saturated rings. The Balaban J connectivity index is 0. The third-order valence-electron chi connectivity index (χ3n) is 2.70. The molecule has 0 aromatic heterocycles. The van der Waals surface area contributed by atoms with Gasteiger partial charge in [-0.2, -0.15) is 0 Å². The smallest absolute Gasteiger partial charge is 0.303 e. The van der Waals surface area contributed by atoms with Crippen molar-refractivity contribution in [2.24, 2.45) is 0 Å². The van der Waals surface area contributed by atoms with Gasteiger partial charge in [-0.05, 0) is 6.42 Å². The van der Waals surface area contributed by atoms with Crippen LogP contribution in [0.3, 0.4) is 0 Å². The molecule has 0 unspecified atom stereocenters. The van der Waals surface area contributed by atoms with Gasteiger partial charge in [0.15, 0.2) is 0 Å². The monoisotopic (exact) mass is 258 g/mol. The van der Waals surface area contributed by atoms with Crippen molar-refractivity contribution in [3.8, 4) is 0 Å². The summed E-state index contributed by atoms with van der Waals surface area (Å²) >= 11 is 0.389. The van der Waals surface area contributed by atoms with Crippen LogP contribution in [0.4, 0.5) is 0 Å². The maximum absolute atomic E-state index is 9.87. The lowest BCUT2D eigenvalue weighted by molar-refractivity contribution is -0.137. The molecular weight excluding hydrogens is 227 g/mol. The van der Waals surface area contributed by atoms with Gasteiger partial charge in [0.25, 0.3) is 0 Å². The fourth-order valence-corrected chi connectivity index (χ4v) is 3.62. The van der Waals surface area contributed by atoms with Gasteiger partial charge in [-0.3, -0.25) is 4.79 Å². The third-order valence-corrected chi connectivity index (χ3v) is 4.70. The zero-order valence-electron chi connectivity index (χ0n) is 12.1. The first kappa shape index (κ1) is 19.3. The van der Waals surface area contributed by atoms with E-state index in [1.165, 1.54) is 25.7 Å². The minimum atomic E-state index is -0.682. The van der Waals surface area contributed by atoms with E-state index in [0.29, 0.717) is 21.6 Å². The van der Waals surface area contributed by atoms with Crippen molar-refractivity contribution in [1.29, 1.82) is 0 Å². The Labute approximate surface area is 114 Å². The van der Waals surface area contributed by atoms with Crippen molar-refractivity contribution in [1.82, 2.24) is 0 Å². The zero-order valence-corrected chi connectivity index (χ0v) is 13.5. The van der Waals surface area contributed by atoms with Crippen molar-refractivity contribution in [3.05, 3.63) is 0 Å². The zero-order chi connectivity index (χ0) is 13.4. The summed E-state index contributed by atoms with van der Waals surface area (Å²) in [5.41, 5.74) is 0. The fourth-order valence-electron chi connectivity index (χ4n) is 1.56. The lowest BCUT2D eigenvalue weighted by atomic mass is 10.2. The van der Waals surface area contributed by atoms with Gasteiger partial charge >= 0.3 is 5.97 Å². The largest absolute Gasteiger partial charge is 0.481 e. The molecule has 0 aliphatic carbocycles. The number of rotatable bonds is 10. The molecule has 3 heteroatoms. The maximum atomic E-state index is 9.87. The molecule has 0 aromatic carbocycles. The topological polar surface area (TPSA) is 37.3 Å². The number of hydrogen-bond acceptors (Lipinski definition) is 1. The Morgan fingerprint density at radius 2 is 1.35 bits per heavy atom. The van der Waals surface area contributed by atoms with E-state index in [4.69, 9.17) is 5.11 Å². The minimum Gasteiger partial charge on any atom is -0.481 e. The number of carboxylic acids is 1. The van der Waals surface area contributed by atoms with E-state index in [1.807, 2.05) is 0 Å². The highest BCUT2D eigenvalue weighted by Gasteiger charge is 1.92. The summed E-state index contributed by atoms with van der Waals surface area (Å²) in [6, 6.07) is 0. The van der Waals surface area contributed by atoms with Crippen LogP contribution in [0.25, 0.3) is 0 Å². The van der Waals surface area contributed by atoms with Crippen LogP contribution < -0.4 is 0 Å². The molecule has 0 heterocycles. The number of hydrogen-bond donors (Lipinski definition) is 1. The van der Waals surface area contributed by atoms with Gasteiger partial charge in [0.05, 0.1) is 0 Å². The van der Waals surface area contributed by atoms with Crippen LogP contribution in [0.15, 0.2) is 0 Å². The first-order valence-electron chi connectivity index (χ1n) is 7.40. The molecule has 0 aliphatic heterocycles. The number of carboxylic acid groups (broad SMARTS) is 1. The molecule has 17 heavy (non-hydrogen) atoms. The fraction of sp³-hybridized carbons (Fsp3) is 0.929. The molecule has 0 bridgehead atoms. The first-order chi connectivity index (χ1) is 8.18. The Hall–Kier alpha value is 0.00247. The summed E-state index contributed by atoms with van der Waals surface area (Å²) < 4.78 is 0. The normalized spacial score (nSPS) is 9.35. The molecule has 1 N–H and O–H groups in total. The second kappa shape index (κ2) is 18.4. The molecule has 2 nitrogen and oxygen atoms in total. The SMILES string of the molecule is CCCCCC(=O)O.CCC[CH2][AlH][CH2]CCC. The minimum absolute atomic E-state index is 0.327. The summed E-state index contributed by atoms with van der Waals surface area (Å²) in [4.78, 5) is 9.87. The van der Waals surface area contributed by atoms with Gasteiger partial charge in [-0.15, -0.1) is 0 Å². The highest BCUT2D eigenvalue weighted by Crippen LogP contribution is 2.00. The molecular formula is C14H31AlO2. The Kier molecular flexibility index (Phi) is 20.9. The van der Waals surface area contributed by atoms with E-state index in [9.17, 15) is 4.79 Å². The second-order valence-corrected chi connectivity index (χ2v) is 6.74. The van der Waals surface area contributed by atoms with Crippen LogP contribution in [0.2, 0.25) is 10.6 Å². The van der Waals surface area contributed by atoms with Crippen molar-refractivity contribution < 1.29 is 9.90 Å². The third kappa shape index (κ3) is 25.9. The Bertz CT molecular complexity index is 143. The van der Waals surface area contributed by atoms with E-state index < -0.39 is 5.97 Å². The summed E-state index contributed by atoms with van der Waals surface area (Å²) in [5.74, 6) is -0.682. The predicted octanol–water partition coefficient (Wildman–Crippen LogP) is 4.51. The van der Waals surface area contributed by atoms with Crippen molar-refractivity contribution in [2.45, 2.75) is 82.7 Å². The van der Waals surface area contributed by atoms with Crippen molar-refractivity contribution in [3.63, 3.8) is 0 Å². The van der Waals surface area contributed by atoms with E-state index in [0.717, 1.165) is 19.3 Å². The summed E-state index contributed by atoms with van der Waals surface area (Å²) in [6.07, 6.45) is 9.07. The molecule has 0 spiro atoms. The van der Waals surface area contributed by atoms with Gasteiger partial charge in [0, 0.05) is 6.42 Å². The Morgan fingerprint density at radius 1 is 0.882 bits per heavy atom. The van der Waals surface area contributed by atoms with Gasteiger partial charge < -0.3 is 5.11 Å². The lowest BCUT2D eigenvalue weighted by Crippen LogP contribution is -1.92. The van der Waals surface area contributed by atoms with E-state index in [1.54, 1.807) is 10.6 Å². The van der Waals surface area contributed by atoms with Crippen LogP contribution in [0.1, 0.15) is 72.1 Å². The van der Waals surface area contributed by atoms with Crippen LogP contribution in [-0.2, 0) is 4.79 Å². The average molecular weight is 258 g/mol. The van der Waals surface area contributed by atoms with E-state index in [2.05, 4.69) is 20.8 Å². The second-order valence-electron chi connectivity index (χ2n) is 4.62. The average Bonchev–Trinajstić information content (AvgIpc) is 2.30. The van der Waals surface area contributed by atoms with Gasteiger partial charge in [0.2, 0.25) is 15.2 Å². The molecule has 0 aromatic rings. The first-order valence-corrected chi connectivity index (χ1v) is 9.40. The van der Waals surface area contributed by atoms with Crippen LogP contribution >= 0.6 is 0 Å². The van der Waals surface area contributed by atoms with Crippen LogP contribution in [0, 0.1) is 0 Å². The standard InChI is InChI=1S/C6H12O2.2C4H9.Al.H/c1-2-3-4-5-6(7)8;2*1-3-4-2;;/h2-5H2,1H3,(H,7,8);2*1,3-4H2,2H3;;. The van der Waals surface area contributed by atoms with Gasteiger partial charge in [-0.25, -0.2) is 0 Å². The van der Waals surface area contributed by atoms with E-state index >= 15 is 0 Å². The molecule has 0 atom stereocenters.